The Bertz CT molecular complexity index is 488. The predicted molar refractivity (Wildman–Crippen MR) is 92.5 cm³/mol. The quantitative estimate of drug-likeness (QED) is 0.451. The van der Waals surface area contributed by atoms with Crippen LogP contribution in [-0.2, 0) is 16.1 Å². The van der Waals surface area contributed by atoms with Crippen molar-refractivity contribution < 1.29 is 14.3 Å². The van der Waals surface area contributed by atoms with Gasteiger partial charge in [-0.05, 0) is 19.8 Å². The number of carbonyl (C=O) groups is 2. The van der Waals surface area contributed by atoms with Gasteiger partial charge in [0.25, 0.3) is 0 Å². The van der Waals surface area contributed by atoms with Crippen LogP contribution in [0.2, 0.25) is 0 Å². The Kier molecular flexibility index (Phi) is 9.52. The highest BCUT2D eigenvalue weighted by Crippen LogP contribution is 2.15. The SMILES string of the molecule is CCCCCN(Cc1nc(C(=O)OCC)cs1)C(=O)CCCC. The summed E-state index contributed by atoms with van der Waals surface area (Å²) in [6.45, 7) is 7.58. The fourth-order valence-corrected chi connectivity index (χ4v) is 2.95. The van der Waals surface area contributed by atoms with Crippen LogP contribution in [0.25, 0.3) is 0 Å². The first-order valence-electron chi connectivity index (χ1n) is 8.51. The summed E-state index contributed by atoms with van der Waals surface area (Å²) in [5.74, 6) is -0.222. The lowest BCUT2D eigenvalue weighted by atomic mass is 10.2. The number of thiazole rings is 1. The maximum atomic E-state index is 12.4. The molecule has 0 bridgehead atoms. The normalized spacial score (nSPS) is 10.6. The van der Waals surface area contributed by atoms with Crippen molar-refractivity contribution in [3.8, 4) is 0 Å². The molecule has 0 aliphatic rings. The summed E-state index contributed by atoms with van der Waals surface area (Å²) in [5.41, 5.74) is 0.335. The van der Waals surface area contributed by atoms with Crippen molar-refractivity contribution in [2.24, 2.45) is 0 Å². The number of rotatable bonds is 11. The van der Waals surface area contributed by atoms with Crippen LogP contribution in [0.5, 0.6) is 0 Å². The van der Waals surface area contributed by atoms with E-state index in [2.05, 4.69) is 18.8 Å². The largest absolute Gasteiger partial charge is 0.461 e. The van der Waals surface area contributed by atoms with Gasteiger partial charge in [0, 0.05) is 18.3 Å². The summed E-state index contributed by atoms with van der Waals surface area (Å²) in [7, 11) is 0. The van der Waals surface area contributed by atoms with Crippen molar-refractivity contribution in [3.05, 3.63) is 16.1 Å². The minimum absolute atomic E-state index is 0.177. The van der Waals surface area contributed by atoms with Gasteiger partial charge in [-0.2, -0.15) is 0 Å². The zero-order chi connectivity index (χ0) is 17.1. The molecule has 130 valence electrons. The highest BCUT2D eigenvalue weighted by Gasteiger charge is 2.17. The lowest BCUT2D eigenvalue weighted by Crippen LogP contribution is -2.31. The Labute approximate surface area is 143 Å². The molecular formula is C17H28N2O3S. The van der Waals surface area contributed by atoms with Crippen LogP contribution in [-0.4, -0.2) is 34.9 Å². The van der Waals surface area contributed by atoms with E-state index in [0.717, 1.165) is 43.7 Å². The van der Waals surface area contributed by atoms with Gasteiger partial charge in [-0.15, -0.1) is 11.3 Å². The first-order chi connectivity index (χ1) is 11.1. The highest BCUT2D eigenvalue weighted by atomic mass is 32.1. The minimum atomic E-state index is -0.398. The fourth-order valence-electron chi connectivity index (χ4n) is 2.18. The van der Waals surface area contributed by atoms with Gasteiger partial charge < -0.3 is 9.64 Å². The van der Waals surface area contributed by atoms with Crippen LogP contribution in [0.15, 0.2) is 5.38 Å². The van der Waals surface area contributed by atoms with Crippen molar-refractivity contribution in [3.63, 3.8) is 0 Å². The smallest absolute Gasteiger partial charge is 0.357 e. The Balaban J connectivity index is 2.67. The van der Waals surface area contributed by atoms with Crippen LogP contribution in [0.1, 0.15) is 74.8 Å². The number of esters is 1. The van der Waals surface area contributed by atoms with Gasteiger partial charge in [-0.3, -0.25) is 4.79 Å². The van der Waals surface area contributed by atoms with Crippen LogP contribution in [0.4, 0.5) is 0 Å². The number of hydrogen-bond donors (Lipinski definition) is 0. The molecule has 1 rings (SSSR count). The Hall–Kier alpha value is -1.43. The molecule has 0 atom stereocenters. The first-order valence-corrected chi connectivity index (χ1v) is 9.39. The molecule has 1 aromatic rings. The average molecular weight is 340 g/mol. The molecule has 6 heteroatoms. The van der Waals surface area contributed by atoms with Crippen LogP contribution in [0.3, 0.4) is 0 Å². The molecule has 5 nitrogen and oxygen atoms in total. The molecule has 0 spiro atoms. The Morgan fingerprint density at radius 3 is 2.57 bits per heavy atom. The van der Waals surface area contributed by atoms with E-state index in [-0.39, 0.29) is 5.91 Å². The number of nitrogens with zero attached hydrogens (tertiary/aromatic N) is 2. The molecule has 1 heterocycles. The van der Waals surface area contributed by atoms with E-state index in [4.69, 9.17) is 4.74 Å². The standard InChI is InChI=1S/C17H28N2O3S/c1-4-7-9-11-19(16(20)10-8-5-2)12-15-18-14(13-23-15)17(21)22-6-3/h13H,4-12H2,1-3H3. The van der Waals surface area contributed by atoms with Crippen LogP contribution >= 0.6 is 11.3 Å². The molecule has 0 fully saturated rings. The summed E-state index contributed by atoms with van der Waals surface area (Å²) in [5, 5.41) is 2.49. The van der Waals surface area contributed by atoms with E-state index in [1.54, 1.807) is 12.3 Å². The van der Waals surface area contributed by atoms with Gasteiger partial charge in [-0.25, -0.2) is 9.78 Å². The van der Waals surface area contributed by atoms with Crippen molar-refractivity contribution >= 4 is 23.2 Å². The second-order valence-electron chi connectivity index (χ2n) is 5.47. The fraction of sp³-hybridized carbons (Fsp3) is 0.706. The van der Waals surface area contributed by atoms with Crippen molar-refractivity contribution in [1.82, 2.24) is 9.88 Å². The second kappa shape index (κ2) is 11.2. The van der Waals surface area contributed by atoms with Crippen LogP contribution < -0.4 is 0 Å². The van der Waals surface area contributed by atoms with Gasteiger partial charge >= 0.3 is 5.97 Å². The molecule has 1 aromatic heterocycles. The maximum absolute atomic E-state index is 12.4. The van der Waals surface area contributed by atoms with Gasteiger partial charge in [0.2, 0.25) is 5.91 Å². The summed E-state index contributed by atoms with van der Waals surface area (Å²) in [6, 6.07) is 0. The third kappa shape index (κ3) is 7.12. The zero-order valence-electron chi connectivity index (χ0n) is 14.5. The highest BCUT2D eigenvalue weighted by molar-refractivity contribution is 7.09. The average Bonchev–Trinajstić information content (AvgIpc) is 3.00. The third-order valence-corrected chi connectivity index (χ3v) is 4.32. The third-order valence-electron chi connectivity index (χ3n) is 3.49. The lowest BCUT2D eigenvalue weighted by Gasteiger charge is -2.21. The molecule has 0 aliphatic carbocycles. The summed E-state index contributed by atoms with van der Waals surface area (Å²) in [6.07, 6.45) is 5.75. The van der Waals surface area contributed by atoms with E-state index in [1.807, 2.05) is 4.90 Å². The van der Waals surface area contributed by atoms with E-state index >= 15 is 0 Å². The summed E-state index contributed by atoms with van der Waals surface area (Å²) < 4.78 is 4.95. The summed E-state index contributed by atoms with van der Waals surface area (Å²) >= 11 is 1.41. The topological polar surface area (TPSA) is 59.5 Å². The Morgan fingerprint density at radius 1 is 1.17 bits per heavy atom. The van der Waals surface area contributed by atoms with Crippen molar-refractivity contribution in [2.45, 2.75) is 65.8 Å². The maximum Gasteiger partial charge on any atom is 0.357 e. The van der Waals surface area contributed by atoms with Crippen LogP contribution in [0, 0.1) is 0 Å². The molecule has 0 saturated heterocycles. The van der Waals surface area contributed by atoms with Crippen molar-refractivity contribution in [1.29, 1.82) is 0 Å². The molecule has 0 unspecified atom stereocenters. The first kappa shape index (κ1) is 19.6. The van der Waals surface area contributed by atoms with Gasteiger partial charge in [0.15, 0.2) is 5.69 Å². The molecule has 0 saturated carbocycles. The number of unbranched alkanes of at least 4 members (excludes halogenated alkanes) is 3. The number of aromatic nitrogens is 1. The van der Waals surface area contributed by atoms with E-state index in [9.17, 15) is 9.59 Å². The monoisotopic (exact) mass is 340 g/mol. The molecule has 0 aliphatic heterocycles. The molecule has 0 radical (unpaired) electrons. The number of hydrogen-bond acceptors (Lipinski definition) is 5. The van der Waals surface area contributed by atoms with Crippen molar-refractivity contribution in [2.75, 3.05) is 13.2 Å². The molecule has 0 aromatic carbocycles. The Morgan fingerprint density at radius 2 is 1.91 bits per heavy atom. The molecule has 1 amide bonds. The van der Waals surface area contributed by atoms with Gasteiger partial charge in [0.1, 0.15) is 5.01 Å². The predicted octanol–water partition coefficient (Wildman–Crippen LogP) is 4.03. The molecule has 0 N–H and O–H groups in total. The number of ether oxygens (including phenoxy) is 1. The molecule has 23 heavy (non-hydrogen) atoms. The molecular weight excluding hydrogens is 312 g/mol. The zero-order valence-corrected chi connectivity index (χ0v) is 15.3. The van der Waals surface area contributed by atoms with Gasteiger partial charge in [-0.1, -0.05) is 33.1 Å². The number of amides is 1. The van der Waals surface area contributed by atoms with E-state index in [0.29, 0.717) is 25.3 Å². The number of carbonyl (C=O) groups excluding carboxylic acids is 2. The van der Waals surface area contributed by atoms with Gasteiger partial charge in [0.05, 0.1) is 13.2 Å². The lowest BCUT2D eigenvalue weighted by molar-refractivity contribution is -0.132. The second-order valence-corrected chi connectivity index (χ2v) is 6.42. The van der Waals surface area contributed by atoms with E-state index in [1.165, 1.54) is 11.3 Å². The minimum Gasteiger partial charge on any atom is -0.461 e. The van der Waals surface area contributed by atoms with E-state index < -0.39 is 5.97 Å². The summed E-state index contributed by atoms with van der Waals surface area (Å²) in [4.78, 5) is 30.2.